The molecule has 0 bridgehead atoms. The van der Waals surface area contributed by atoms with Crippen molar-refractivity contribution in [2.75, 3.05) is 0 Å². The lowest BCUT2D eigenvalue weighted by Crippen LogP contribution is -2.15. The van der Waals surface area contributed by atoms with E-state index in [1.54, 1.807) is 30.6 Å². The van der Waals surface area contributed by atoms with Crippen LogP contribution in [0.4, 0.5) is 5.69 Å². The van der Waals surface area contributed by atoms with Crippen molar-refractivity contribution < 1.29 is 22.9 Å². The summed E-state index contributed by atoms with van der Waals surface area (Å²) in [5.74, 6) is 1.19. The number of hydrogen-bond donors (Lipinski definition) is 0. The number of sulfone groups is 1. The van der Waals surface area contributed by atoms with Gasteiger partial charge in [0, 0.05) is 35.7 Å². The first-order valence-electron chi connectivity index (χ1n) is 9.67. The molecule has 9 heteroatoms. The van der Waals surface area contributed by atoms with Gasteiger partial charge in [0.2, 0.25) is 9.84 Å². The van der Waals surface area contributed by atoms with Crippen LogP contribution in [0.25, 0.3) is 11.1 Å². The summed E-state index contributed by atoms with van der Waals surface area (Å²) >= 11 is 0. The van der Waals surface area contributed by atoms with Crippen molar-refractivity contribution in [1.29, 1.82) is 0 Å². The molecule has 0 saturated carbocycles. The molecule has 0 unspecified atom stereocenters. The quantitative estimate of drug-likeness (QED) is 0.291. The van der Waals surface area contributed by atoms with E-state index in [1.807, 2.05) is 30.3 Å². The molecule has 0 fully saturated rings. The topological polar surface area (TPSA) is 116 Å². The standard InChI is InChI=1S/C24H16N2O6S/c27-24(33(30,31)21-12-10-19(11-13-21)26(28)29)18-8-6-17(7-9-18)22-16-25-15-14-23(22)32-20-4-2-1-3-5-20/h1-16H. The van der Waals surface area contributed by atoms with Crippen molar-refractivity contribution >= 4 is 20.6 Å². The number of nitro benzene ring substituents is 1. The smallest absolute Gasteiger partial charge is 0.281 e. The number of nitrogens with zero attached hydrogens (tertiary/aromatic N) is 2. The number of carbonyl (C=O) groups excluding carboxylic acids is 1. The van der Waals surface area contributed by atoms with Crippen molar-refractivity contribution in [1.82, 2.24) is 4.98 Å². The molecule has 0 radical (unpaired) electrons. The minimum atomic E-state index is -4.36. The lowest BCUT2D eigenvalue weighted by molar-refractivity contribution is -0.384. The Balaban J connectivity index is 1.60. The van der Waals surface area contributed by atoms with Gasteiger partial charge in [-0.1, -0.05) is 30.3 Å². The molecule has 0 aliphatic rings. The molecule has 0 atom stereocenters. The molecular weight excluding hydrogens is 444 g/mol. The number of benzene rings is 3. The van der Waals surface area contributed by atoms with Crippen LogP contribution in [0.2, 0.25) is 0 Å². The number of para-hydroxylation sites is 1. The highest BCUT2D eigenvalue weighted by molar-refractivity contribution is 8.06. The summed E-state index contributed by atoms with van der Waals surface area (Å²) in [6.07, 6.45) is 3.21. The maximum absolute atomic E-state index is 12.7. The van der Waals surface area contributed by atoms with Gasteiger partial charge in [-0.15, -0.1) is 0 Å². The highest BCUT2D eigenvalue weighted by Crippen LogP contribution is 2.33. The van der Waals surface area contributed by atoms with E-state index in [4.69, 9.17) is 4.74 Å². The molecule has 0 N–H and O–H groups in total. The van der Waals surface area contributed by atoms with Gasteiger partial charge >= 0.3 is 0 Å². The number of pyridine rings is 1. The molecule has 4 rings (SSSR count). The fourth-order valence-electron chi connectivity index (χ4n) is 3.10. The van der Waals surface area contributed by atoms with Crippen molar-refractivity contribution in [3.05, 3.63) is 113 Å². The summed E-state index contributed by atoms with van der Waals surface area (Å²) in [6.45, 7) is 0. The maximum Gasteiger partial charge on any atom is 0.281 e. The zero-order valence-corrected chi connectivity index (χ0v) is 17.8. The summed E-state index contributed by atoms with van der Waals surface area (Å²) in [5.41, 5.74) is 1.04. The normalized spacial score (nSPS) is 11.0. The van der Waals surface area contributed by atoms with Crippen LogP contribution in [0.15, 0.2) is 102 Å². The second kappa shape index (κ2) is 9.01. The molecule has 1 heterocycles. The Morgan fingerprint density at radius 1 is 0.879 bits per heavy atom. The van der Waals surface area contributed by atoms with Crippen LogP contribution in [0, 0.1) is 10.1 Å². The van der Waals surface area contributed by atoms with Gasteiger partial charge in [0.25, 0.3) is 10.8 Å². The molecule has 4 aromatic rings. The molecule has 164 valence electrons. The van der Waals surface area contributed by atoms with Crippen LogP contribution < -0.4 is 4.74 Å². The molecule has 8 nitrogen and oxygen atoms in total. The van der Waals surface area contributed by atoms with Gasteiger partial charge in [0.05, 0.1) is 9.82 Å². The van der Waals surface area contributed by atoms with Gasteiger partial charge in [0.15, 0.2) is 0 Å². The van der Waals surface area contributed by atoms with E-state index < -0.39 is 19.9 Å². The lowest BCUT2D eigenvalue weighted by Gasteiger charge is -2.11. The van der Waals surface area contributed by atoms with Gasteiger partial charge in [-0.25, -0.2) is 8.42 Å². The van der Waals surface area contributed by atoms with Crippen LogP contribution in [0.3, 0.4) is 0 Å². The highest BCUT2D eigenvalue weighted by atomic mass is 32.2. The highest BCUT2D eigenvalue weighted by Gasteiger charge is 2.27. The predicted molar refractivity (Wildman–Crippen MR) is 121 cm³/mol. The fourth-order valence-corrected chi connectivity index (χ4v) is 4.25. The fraction of sp³-hybridized carbons (Fsp3) is 0. The average Bonchev–Trinajstić information content (AvgIpc) is 2.85. The first kappa shape index (κ1) is 21.8. The van der Waals surface area contributed by atoms with Gasteiger partial charge in [-0.05, 0) is 48.0 Å². The Kier molecular flexibility index (Phi) is 5.97. The third-order valence-electron chi connectivity index (χ3n) is 4.79. The van der Waals surface area contributed by atoms with E-state index in [1.165, 1.54) is 12.1 Å². The molecule has 0 aliphatic carbocycles. The molecule has 3 aromatic carbocycles. The van der Waals surface area contributed by atoms with Crippen LogP contribution in [0.5, 0.6) is 11.5 Å². The molecular formula is C24H16N2O6S. The van der Waals surface area contributed by atoms with Gasteiger partial charge in [0.1, 0.15) is 11.5 Å². The monoisotopic (exact) mass is 460 g/mol. The summed E-state index contributed by atoms with van der Waals surface area (Å²) < 4.78 is 31.3. The van der Waals surface area contributed by atoms with Gasteiger partial charge in [-0.3, -0.25) is 19.9 Å². The van der Waals surface area contributed by atoms with E-state index in [9.17, 15) is 23.3 Å². The van der Waals surface area contributed by atoms with Gasteiger partial charge in [-0.2, -0.15) is 0 Å². The Bertz CT molecular complexity index is 1420. The minimum Gasteiger partial charge on any atom is -0.457 e. The Morgan fingerprint density at radius 3 is 2.18 bits per heavy atom. The third-order valence-corrected chi connectivity index (χ3v) is 6.40. The molecule has 0 saturated heterocycles. The number of aromatic nitrogens is 1. The van der Waals surface area contributed by atoms with Crippen LogP contribution >= 0.6 is 0 Å². The van der Waals surface area contributed by atoms with Crippen LogP contribution in [-0.4, -0.2) is 23.4 Å². The first-order valence-corrected chi connectivity index (χ1v) is 11.2. The molecule has 1 aromatic heterocycles. The number of hydrogen-bond acceptors (Lipinski definition) is 7. The number of nitro groups is 1. The maximum atomic E-state index is 12.7. The van der Waals surface area contributed by atoms with Gasteiger partial charge < -0.3 is 4.74 Å². The number of ether oxygens (including phenoxy) is 1. The summed E-state index contributed by atoms with van der Waals surface area (Å²) in [5, 5.41) is 9.67. The van der Waals surface area contributed by atoms with Crippen LogP contribution in [0.1, 0.15) is 10.4 Å². The summed E-state index contributed by atoms with van der Waals surface area (Å²) in [7, 11) is -4.36. The second-order valence-electron chi connectivity index (χ2n) is 6.91. The first-order chi connectivity index (χ1) is 15.9. The number of carbonyl (C=O) groups is 1. The second-order valence-corrected chi connectivity index (χ2v) is 8.76. The number of non-ortho nitro benzene ring substituents is 1. The molecule has 33 heavy (non-hydrogen) atoms. The molecule has 0 amide bonds. The summed E-state index contributed by atoms with van der Waals surface area (Å²) in [6, 6.07) is 21.1. The zero-order chi connectivity index (χ0) is 23.4. The lowest BCUT2D eigenvalue weighted by atomic mass is 10.1. The Morgan fingerprint density at radius 2 is 1.55 bits per heavy atom. The molecule has 0 aliphatic heterocycles. The average molecular weight is 460 g/mol. The Hall–Kier alpha value is -4.37. The SMILES string of the molecule is O=C(c1ccc(-c2cnccc2Oc2ccccc2)cc1)S(=O)(=O)c1ccc([N+](=O)[O-])cc1. The van der Waals surface area contributed by atoms with E-state index in [0.717, 1.165) is 24.3 Å². The third kappa shape index (κ3) is 4.63. The van der Waals surface area contributed by atoms with Crippen molar-refractivity contribution in [2.45, 2.75) is 4.90 Å². The van der Waals surface area contributed by atoms with E-state index in [2.05, 4.69) is 4.98 Å². The molecule has 0 spiro atoms. The Labute approximate surface area is 189 Å². The predicted octanol–water partition coefficient (Wildman–Crippen LogP) is 5.06. The van der Waals surface area contributed by atoms with Crippen molar-refractivity contribution in [3.63, 3.8) is 0 Å². The summed E-state index contributed by atoms with van der Waals surface area (Å²) in [4.78, 5) is 26.6. The van der Waals surface area contributed by atoms with Crippen LogP contribution in [-0.2, 0) is 9.84 Å². The largest absolute Gasteiger partial charge is 0.457 e. The van der Waals surface area contributed by atoms with Crippen molar-refractivity contribution in [3.8, 4) is 22.6 Å². The van der Waals surface area contributed by atoms with E-state index >= 15 is 0 Å². The van der Waals surface area contributed by atoms with E-state index in [-0.39, 0.29) is 16.1 Å². The zero-order valence-electron chi connectivity index (χ0n) is 17.0. The minimum absolute atomic E-state index is 0.0356. The number of rotatable bonds is 6. The van der Waals surface area contributed by atoms with E-state index in [0.29, 0.717) is 22.6 Å². The van der Waals surface area contributed by atoms with Crippen molar-refractivity contribution in [2.24, 2.45) is 0 Å².